The van der Waals surface area contributed by atoms with Gasteiger partial charge in [-0.15, -0.1) is 0 Å². The molecule has 1 aliphatic rings. The van der Waals surface area contributed by atoms with E-state index in [1.807, 2.05) is 0 Å². The molecule has 1 saturated heterocycles. The monoisotopic (exact) mass is 256 g/mol. The fraction of sp³-hybridized carbons (Fsp3) is 0.200. The van der Waals surface area contributed by atoms with Gasteiger partial charge in [0.2, 0.25) is 5.91 Å². The summed E-state index contributed by atoms with van der Waals surface area (Å²) in [6, 6.07) is 5.00. The van der Waals surface area contributed by atoms with Crippen molar-refractivity contribution in [1.29, 1.82) is 0 Å². The zero-order valence-electron chi connectivity index (χ0n) is 8.27. The van der Waals surface area contributed by atoms with Crippen LogP contribution < -0.4 is 5.73 Å². The summed E-state index contributed by atoms with van der Waals surface area (Å²) in [7, 11) is 0. The minimum atomic E-state index is -0.232. The average Bonchev–Trinajstić information content (AvgIpc) is 2.55. The first-order valence-corrected chi connectivity index (χ1v) is 5.95. The molecule has 0 atom stereocenters. The lowest BCUT2D eigenvalue weighted by atomic mass is 10.1. The Hall–Kier alpha value is -1.20. The number of hydrogen-bond donors (Lipinski definition) is 1. The number of halogens is 1. The standard InChI is InChI=1S/C10H9ClN2O2S/c11-7-1-2-8(12)6(3-7)4-13-9(14)5-16-10(13)15/h1-3H,4-5,12H2. The maximum Gasteiger partial charge on any atom is 0.289 e. The van der Waals surface area contributed by atoms with Crippen LogP contribution in [0.1, 0.15) is 5.56 Å². The van der Waals surface area contributed by atoms with E-state index in [0.29, 0.717) is 16.3 Å². The molecule has 6 heteroatoms. The molecule has 2 amide bonds. The molecule has 1 aromatic carbocycles. The fourth-order valence-corrected chi connectivity index (χ4v) is 2.34. The molecule has 1 heterocycles. The second-order valence-electron chi connectivity index (χ2n) is 3.38. The molecule has 2 rings (SSSR count). The molecule has 1 aromatic rings. The van der Waals surface area contributed by atoms with E-state index >= 15 is 0 Å². The number of amides is 2. The van der Waals surface area contributed by atoms with Gasteiger partial charge < -0.3 is 5.73 Å². The van der Waals surface area contributed by atoms with Crippen molar-refractivity contribution in [3.8, 4) is 0 Å². The Morgan fingerprint density at radius 1 is 1.44 bits per heavy atom. The Balaban J connectivity index is 2.23. The zero-order chi connectivity index (χ0) is 11.7. The van der Waals surface area contributed by atoms with Crippen molar-refractivity contribution in [3.63, 3.8) is 0 Å². The number of hydrogen-bond acceptors (Lipinski definition) is 4. The van der Waals surface area contributed by atoms with E-state index in [0.717, 1.165) is 11.8 Å². The summed E-state index contributed by atoms with van der Waals surface area (Å²) in [5.74, 6) is 0.0219. The summed E-state index contributed by atoms with van der Waals surface area (Å²) in [6.07, 6.45) is 0. The highest BCUT2D eigenvalue weighted by molar-refractivity contribution is 8.14. The van der Waals surface area contributed by atoms with Crippen molar-refractivity contribution in [2.24, 2.45) is 0 Å². The fourth-order valence-electron chi connectivity index (χ4n) is 1.42. The van der Waals surface area contributed by atoms with Crippen molar-refractivity contribution in [2.75, 3.05) is 11.5 Å². The van der Waals surface area contributed by atoms with Crippen LogP contribution in [-0.4, -0.2) is 21.8 Å². The summed E-state index contributed by atoms with van der Waals surface area (Å²) < 4.78 is 0. The molecule has 1 fully saturated rings. The Labute approximate surface area is 102 Å². The van der Waals surface area contributed by atoms with Crippen molar-refractivity contribution in [2.45, 2.75) is 6.54 Å². The van der Waals surface area contributed by atoms with E-state index in [1.165, 1.54) is 4.90 Å². The first kappa shape index (κ1) is 11.3. The number of carbonyl (C=O) groups excluding carboxylic acids is 2. The number of benzene rings is 1. The number of rotatable bonds is 2. The third-order valence-corrected chi connectivity index (χ3v) is 3.37. The third kappa shape index (κ3) is 2.15. The number of nitrogens with two attached hydrogens (primary N) is 1. The van der Waals surface area contributed by atoms with Gasteiger partial charge in [-0.25, -0.2) is 0 Å². The number of thioether (sulfide) groups is 1. The molecule has 0 aromatic heterocycles. The topological polar surface area (TPSA) is 63.4 Å². The Morgan fingerprint density at radius 3 is 2.81 bits per heavy atom. The Kier molecular flexibility index (Phi) is 3.07. The second kappa shape index (κ2) is 4.35. The van der Waals surface area contributed by atoms with Crippen LogP contribution in [0.25, 0.3) is 0 Å². The molecule has 0 spiro atoms. The Morgan fingerprint density at radius 2 is 2.19 bits per heavy atom. The van der Waals surface area contributed by atoms with Gasteiger partial charge in [0.25, 0.3) is 5.24 Å². The van der Waals surface area contributed by atoms with E-state index in [-0.39, 0.29) is 23.4 Å². The van der Waals surface area contributed by atoms with Gasteiger partial charge in [-0.3, -0.25) is 14.5 Å². The van der Waals surface area contributed by atoms with E-state index in [1.54, 1.807) is 18.2 Å². The SMILES string of the molecule is Nc1ccc(Cl)cc1CN1C(=O)CSC1=O. The molecule has 0 aliphatic carbocycles. The molecule has 0 saturated carbocycles. The smallest absolute Gasteiger partial charge is 0.289 e. The quantitative estimate of drug-likeness (QED) is 0.824. The van der Waals surface area contributed by atoms with Crippen LogP contribution in [0.4, 0.5) is 10.5 Å². The van der Waals surface area contributed by atoms with E-state index < -0.39 is 0 Å². The van der Waals surface area contributed by atoms with Gasteiger partial charge in [0.15, 0.2) is 0 Å². The van der Waals surface area contributed by atoms with Crippen LogP contribution >= 0.6 is 23.4 Å². The van der Waals surface area contributed by atoms with E-state index in [2.05, 4.69) is 0 Å². The molecule has 0 bridgehead atoms. The minimum Gasteiger partial charge on any atom is -0.398 e. The molecule has 0 radical (unpaired) electrons. The summed E-state index contributed by atoms with van der Waals surface area (Å²) in [4.78, 5) is 24.0. The lowest BCUT2D eigenvalue weighted by Gasteiger charge is -2.14. The third-order valence-electron chi connectivity index (χ3n) is 2.27. The highest BCUT2D eigenvalue weighted by Crippen LogP contribution is 2.25. The molecule has 2 N–H and O–H groups in total. The van der Waals surface area contributed by atoms with Crippen molar-refractivity contribution < 1.29 is 9.59 Å². The zero-order valence-corrected chi connectivity index (χ0v) is 9.85. The maximum absolute atomic E-state index is 11.4. The number of anilines is 1. The lowest BCUT2D eigenvalue weighted by molar-refractivity contribution is -0.125. The molecular weight excluding hydrogens is 248 g/mol. The van der Waals surface area contributed by atoms with Gasteiger partial charge in [0, 0.05) is 10.7 Å². The van der Waals surface area contributed by atoms with Gasteiger partial charge in [-0.05, 0) is 23.8 Å². The van der Waals surface area contributed by atoms with Crippen molar-refractivity contribution in [1.82, 2.24) is 4.90 Å². The number of imide groups is 1. The van der Waals surface area contributed by atoms with Gasteiger partial charge >= 0.3 is 0 Å². The van der Waals surface area contributed by atoms with Crippen LogP contribution in [0.3, 0.4) is 0 Å². The predicted octanol–water partition coefficient (Wildman–Crippen LogP) is 2.12. The van der Waals surface area contributed by atoms with E-state index in [9.17, 15) is 9.59 Å². The van der Waals surface area contributed by atoms with E-state index in [4.69, 9.17) is 17.3 Å². The van der Waals surface area contributed by atoms with Gasteiger partial charge in [0.05, 0.1) is 12.3 Å². The molecule has 16 heavy (non-hydrogen) atoms. The van der Waals surface area contributed by atoms with Crippen LogP contribution in [0.2, 0.25) is 5.02 Å². The minimum absolute atomic E-state index is 0.186. The number of carbonyl (C=O) groups is 2. The summed E-state index contributed by atoms with van der Waals surface area (Å²) >= 11 is 6.83. The number of nitrogens with zero attached hydrogens (tertiary/aromatic N) is 1. The maximum atomic E-state index is 11.4. The van der Waals surface area contributed by atoms with Crippen molar-refractivity contribution >= 4 is 40.2 Å². The molecule has 1 aliphatic heterocycles. The predicted molar refractivity (Wildman–Crippen MR) is 64.3 cm³/mol. The summed E-state index contributed by atoms with van der Waals surface area (Å²) in [5, 5.41) is 0.306. The molecular formula is C10H9ClN2O2S. The van der Waals surface area contributed by atoms with Gasteiger partial charge in [-0.1, -0.05) is 23.4 Å². The number of nitrogen functional groups attached to an aromatic ring is 1. The van der Waals surface area contributed by atoms with Crippen LogP contribution in [0.5, 0.6) is 0 Å². The molecule has 0 unspecified atom stereocenters. The lowest BCUT2D eigenvalue weighted by Crippen LogP contribution is -2.28. The van der Waals surface area contributed by atoms with Crippen LogP contribution in [0.15, 0.2) is 18.2 Å². The molecule has 84 valence electrons. The largest absolute Gasteiger partial charge is 0.398 e. The average molecular weight is 257 g/mol. The van der Waals surface area contributed by atoms with Crippen LogP contribution in [-0.2, 0) is 11.3 Å². The first-order chi connectivity index (χ1) is 7.58. The first-order valence-electron chi connectivity index (χ1n) is 4.59. The van der Waals surface area contributed by atoms with Crippen molar-refractivity contribution in [3.05, 3.63) is 28.8 Å². The Bertz CT molecular complexity index is 448. The summed E-state index contributed by atoms with van der Waals surface area (Å²) in [5.41, 5.74) is 6.96. The van der Waals surface area contributed by atoms with Gasteiger partial charge in [-0.2, -0.15) is 0 Å². The van der Waals surface area contributed by atoms with Gasteiger partial charge in [0.1, 0.15) is 0 Å². The summed E-state index contributed by atoms with van der Waals surface area (Å²) in [6.45, 7) is 0.192. The van der Waals surface area contributed by atoms with Crippen LogP contribution in [0, 0.1) is 0 Å². The second-order valence-corrected chi connectivity index (χ2v) is 4.74. The normalized spacial score (nSPS) is 15.9. The molecule has 4 nitrogen and oxygen atoms in total. The highest BCUT2D eigenvalue weighted by atomic mass is 35.5. The highest BCUT2D eigenvalue weighted by Gasteiger charge is 2.30.